The zero-order chi connectivity index (χ0) is 14.8. The second-order valence-corrected chi connectivity index (χ2v) is 5.30. The molecule has 1 aliphatic heterocycles. The van der Waals surface area contributed by atoms with Crippen LogP contribution >= 0.6 is 23.2 Å². The molecule has 0 bridgehead atoms. The van der Waals surface area contributed by atoms with Gasteiger partial charge in [0.05, 0.1) is 22.8 Å². The molecule has 0 aliphatic carbocycles. The second kappa shape index (κ2) is 5.92. The normalized spacial score (nSPS) is 12.3. The number of anilines is 1. The molecule has 0 spiro atoms. The Labute approximate surface area is 132 Å². The minimum atomic E-state index is 0.207. The van der Waals surface area contributed by atoms with E-state index in [1.165, 1.54) is 0 Å². The van der Waals surface area contributed by atoms with Crippen LogP contribution in [0.2, 0.25) is 10.0 Å². The maximum atomic E-state index is 6.13. The van der Waals surface area contributed by atoms with Crippen LogP contribution in [0.4, 0.5) is 5.69 Å². The molecule has 2 aromatic rings. The summed E-state index contributed by atoms with van der Waals surface area (Å²) in [6.07, 6.45) is 0. The maximum absolute atomic E-state index is 6.13. The molecule has 3 rings (SSSR count). The number of rotatable bonds is 4. The molecule has 6 heteroatoms. The average Bonchev–Trinajstić information content (AvgIpc) is 2.94. The number of ether oxygens (including phenoxy) is 3. The maximum Gasteiger partial charge on any atom is 0.231 e. The molecule has 4 nitrogen and oxygen atoms in total. The molecule has 0 saturated carbocycles. The van der Waals surface area contributed by atoms with Gasteiger partial charge in [0.1, 0.15) is 0 Å². The number of fused-ring (bicyclic) bond motifs is 1. The van der Waals surface area contributed by atoms with Crippen molar-refractivity contribution in [3.05, 3.63) is 45.9 Å². The Balaban J connectivity index is 1.83. The minimum Gasteiger partial charge on any atom is -0.493 e. The van der Waals surface area contributed by atoms with Crippen LogP contribution in [-0.4, -0.2) is 13.9 Å². The van der Waals surface area contributed by atoms with Crippen LogP contribution in [0.5, 0.6) is 17.2 Å². The van der Waals surface area contributed by atoms with Crippen molar-refractivity contribution in [2.45, 2.75) is 6.54 Å². The van der Waals surface area contributed by atoms with Crippen molar-refractivity contribution in [1.29, 1.82) is 0 Å². The molecule has 0 atom stereocenters. The fraction of sp³-hybridized carbons (Fsp3) is 0.200. The molecule has 21 heavy (non-hydrogen) atoms. The van der Waals surface area contributed by atoms with E-state index >= 15 is 0 Å². The third-order valence-electron chi connectivity index (χ3n) is 3.15. The van der Waals surface area contributed by atoms with E-state index in [0.717, 1.165) is 5.56 Å². The van der Waals surface area contributed by atoms with Crippen molar-refractivity contribution in [3.8, 4) is 17.2 Å². The zero-order valence-corrected chi connectivity index (χ0v) is 12.8. The molecule has 0 unspecified atom stereocenters. The van der Waals surface area contributed by atoms with Gasteiger partial charge in [-0.05, 0) is 29.8 Å². The van der Waals surface area contributed by atoms with Gasteiger partial charge in [0, 0.05) is 6.54 Å². The average molecular weight is 326 g/mol. The summed E-state index contributed by atoms with van der Waals surface area (Å²) in [5.41, 5.74) is 1.68. The van der Waals surface area contributed by atoms with Crippen LogP contribution in [0.15, 0.2) is 30.3 Å². The van der Waals surface area contributed by atoms with Crippen molar-refractivity contribution in [2.75, 3.05) is 19.2 Å². The van der Waals surface area contributed by atoms with Crippen molar-refractivity contribution < 1.29 is 14.2 Å². The summed E-state index contributed by atoms with van der Waals surface area (Å²) in [5.74, 6) is 1.96. The lowest BCUT2D eigenvalue weighted by Gasteiger charge is -2.12. The van der Waals surface area contributed by atoms with Crippen LogP contribution in [0.1, 0.15) is 5.56 Å². The first-order chi connectivity index (χ1) is 10.2. The van der Waals surface area contributed by atoms with E-state index in [0.29, 0.717) is 39.5 Å². The summed E-state index contributed by atoms with van der Waals surface area (Å²) in [7, 11) is 1.60. The summed E-state index contributed by atoms with van der Waals surface area (Å²) >= 11 is 12.3. The van der Waals surface area contributed by atoms with Gasteiger partial charge in [0.2, 0.25) is 12.5 Å². The number of para-hydroxylation sites is 1. The predicted octanol–water partition coefficient (Wildman–Crippen LogP) is 4.34. The standard InChI is InChI=1S/C15H13Cl2NO3/c1-19-12-5-9(6-13-15(12)21-8-20-13)7-18-14-10(16)3-2-4-11(14)17/h2-6,18H,7-8H2,1H3. The molecule has 0 aromatic heterocycles. The van der Waals surface area contributed by atoms with E-state index in [2.05, 4.69) is 5.32 Å². The molecule has 0 saturated heterocycles. The van der Waals surface area contributed by atoms with Gasteiger partial charge in [-0.15, -0.1) is 0 Å². The number of benzene rings is 2. The fourth-order valence-electron chi connectivity index (χ4n) is 2.14. The summed E-state index contributed by atoms with van der Waals surface area (Å²) in [5, 5.41) is 4.38. The van der Waals surface area contributed by atoms with E-state index in [-0.39, 0.29) is 6.79 Å². The number of hydrogen-bond acceptors (Lipinski definition) is 4. The molecular weight excluding hydrogens is 313 g/mol. The molecule has 1 N–H and O–H groups in total. The quantitative estimate of drug-likeness (QED) is 0.907. The first-order valence-electron chi connectivity index (χ1n) is 6.33. The van der Waals surface area contributed by atoms with Crippen molar-refractivity contribution >= 4 is 28.9 Å². The SMILES string of the molecule is COc1cc(CNc2c(Cl)cccc2Cl)cc2c1OCO2. The second-order valence-electron chi connectivity index (χ2n) is 4.48. The van der Waals surface area contributed by atoms with E-state index in [9.17, 15) is 0 Å². The highest BCUT2D eigenvalue weighted by atomic mass is 35.5. The molecule has 0 radical (unpaired) electrons. The Hall–Kier alpha value is -1.78. The van der Waals surface area contributed by atoms with Gasteiger partial charge in [0.25, 0.3) is 0 Å². The van der Waals surface area contributed by atoms with Gasteiger partial charge in [-0.3, -0.25) is 0 Å². The van der Waals surface area contributed by atoms with Crippen molar-refractivity contribution in [1.82, 2.24) is 0 Å². The van der Waals surface area contributed by atoms with Gasteiger partial charge in [-0.1, -0.05) is 29.3 Å². The van der Waals surface area contributed by atoms with Gasteiger partial charge in [-0.2, -0.15) is 0 Å². The van der Waals surface area contributed by atoms with Crippen molar-refractivity contribution in [3.63, 3.8) is 0 Å². The van der Waals surface area contributed by atoms with Gasteiger partial charge < -0.3 is 19.5 Å². The Morgan fingerprint density at radius 3 is 2.67 bits per heavy atom. The number of hydrogen-bond donors (Lipinski definition) is 1. The summed E-state index contributed by atoms with van der Waals surface area (Å²) in [6.45, 7) is 0.745. The minimum absolute atomic E-state index is 0.207. The third-order valence-corrected chi connectivity index (χ3v) is 3.78. The van der Waals surface area contributed by atoms with Crippen LogP contribution in [0.3, 0.4) is 0 Å². The molecule has 1 aliphatic rings. The van der Waals surface area contributed by atoms with Crippen LogP contribution < -0.4 is 19.5 Å². The van der Waals surface area contributed by atoms with Gasteiger partial charge in [0.15, 0.2) is 11.5 Å². The lowest BCUT2D eigenvalue weighted by molar-refractivity contribution is 0.171. The first-order valence-corrected chi connectivity index (χ1v) is 7.09. The van der Waals surface area contributed by atoms with Gasteiger partial charge >= 0.3 is 0 Å². The fourth-order valence-corrected chi connectivity index (χ4v) is 2.67. The van der Waals surface area contributed by atoms with Crippen molar-refractivity contribution in [2.24, 2.45) is 0 Å². The monoisotopic (exact) mass is 325 g/mol. The number of halogens is 2. The number of methoxy groups -OCH3 is 1. The smallest absolute Gasteiger partial charge is 0.231 e. The zero-order valence-electron chi connectivity index (χ0n) is 11.3. The lowest BCUT2D eigenvalue weighted by atomic mass is 10.1. The van der Waals surface area contributed by atoms with Crippen LogP contribution in [0.25, 0.3) is 0 Å². The Morgan fingerprint density at radius 2 is 1.95 bits per heavy atom. The number of nitrogens with one attached hydrogen (secondary N) is 1. The molecule has 1 heterocycles. The Morgan fingerprint density at radius 1 is 1.19 bits per heavy atom. The highest BCUT2D eigenvalue weighted by Gasteiger charge is 2.20. The van der Waals surface area contributed by atoms with Crippen LogP contribution in [-0.2, 0) is 6.54 Å². The molecule has 0 fully saturated rings. The van der Waals surface area contributed by atoms with E-state index in [1.54, 1.807) is 25.3 Å². The van der Waals surface area contributed by atoms with E-state index in [4.69, 9.17) is 37.4 Å². The summed E-state index contributed by atoms with van der Waals surface area (Å²) in [4.78, 5) is 0. The van der Waals surface area contributed by atoms with E-state index < -0.39 is 0 Å². The largest absolute Gasteiger partial charge is 0.493 e. The highest BCUT2D eigenvalue weighted by molar-refractivity contribution is 6.39. The van der Waals surface area contributed by atoms with Gasteiger partial charge in [-0.25, -0.2) is 0 Å². The molecule has 110 valence electrons. The molecule has 0 amide bonds. The molecule has 2 aromatic carbocycles. The first kappa shape index (κ1) is 14.2. The van der Waals surface area contributed by atoms with E-state index in [1.807, 2.05) is 12.1 Å². The highest BCUT2D eigenvalue weighted by Crippen LogP contribution is 2.42. The lowest BCUT2D eigenvalue weighted by Crippen LogP contribution is -2.01. The topological polar surface area (TPSA) is 39.7 Å². The molecular formula is C15H13Cl2NO3. The summed E-state index contributed by atoms with van der Waals surface area (Å²) in [6, 6.07) is 9.18. The summed E-state index contributed by atoms with van der Waals surface area (Å²) < 4.78 is 16.1. The van der Waals surface area contributed by atoms with Crippen LogP contribution in [0, 0.1) is 0 Å². The third kappa shape index (κ3) is 2.82. The predicted molar refractivity (Wildman–Crippen MR) is 82.9 cm³/mol. The Bertz CT molecular complexity index is 656. The Kier molecular flexibility index (Phi) is 3.99.